The first-order valence-corrected chi connectivity index (χ1v) is 11.2. The summed E-state index contributed by atoms with van der Waals surface area (Å²) < 4.78 is 16.1. The average Bonchev–Trinajstić information content (AvgIpc) is 3.15. The van der Waals surface area contributed by atoms with E-state index in [-0.39, 0.29) is 55.0 Å². The van der Waals surface area contributed by atoms with Gasteiger partial charge in [0, 0.05) is 19.3 Å². The Morgan fingerprint density at radius 2 is 1.97 bits per heavy atom. The van der Waals surface area contributed by atoms with Crippen molar-refractivity contribution in [2.45, 2.75) is 65.6 Å². The third-order valence-corrected chi connectivity index (χ3v) is 7.78. The fraction of sp³-hybridized carbons (Fsp3) is 0.708. The van der Waals surface area contributed by atoms with Gasteiger partial charge in [-0.05, 0) is 54.6 Å². The van der Waals surface area contributed by atoms with Crippen molar-refractivity contribution in [2.24, 2.45) is 22.7 Å². The summed E-state index contributed by atoms with van der Waals surface area (Å²) in [6, 6.07) is 0. The molecule has 2 aliphatic carbocycles. The molecule has 3 aliphatic rings. The summed E-state index contributed by atoms with van der Waals surface area (Å²) in [5.74, 6) is -1.53. The third kappa shape index (κ3) is 4.48. The molecular weight excluding hydrogens is 416 g/mol. The molecule has 0 unspecified atom stereocenters. The van der Waals surface area contributed by atoms with Crippen LogP contribution in [0, 0.1) is 22.7 Å². The first-order chi connectivity index (χ1) is 15.0. The molecular formula is C24H34O8. The van der Waals surface area contributed by atoms with E-state index in [4.69, 9.17) is 14.2 Å². The quantitative estimate of drug-likeness (QED) is 0.344. The zero-order valence-electron chi connectivity index (χ0n) is 19.3. The number of fused-ring (bicyclic) bond motifs is 1. The molecule has 8 nitrogen and oxygen atoms in total. The van der Waals surface area contributed by atoms with Crippen molar-refractivity contribution in [3.8, 4) is 0 Å². The van der Waals surface area contributed by atoms with Crippen molar-refractivity contribution >= 4 is 17.9 Å². The first kappa shape index (κ1) is 24.5. The third-order valence-electron chi connectivity index (χ3n) is 7.78. The van der Waals surface area contributed by atoms with Crippen molar-refractivity contribution in [3.05, 3.63) is 23.3 Å². The van der Waals surface area contributed by atoms with Gasteiger partial charge in [-0.15, -0.1) is 0 Å². The van der Waals surface area contributed by atoms with Gasteiger partial charge in [0.2, 0.25) is 0 Å². The molecule has 1 saturated carbocycles. The van der Waals surface area contributed by atoms with E-state index in [9.17, 15) is 24.6 Å². The minimum Gasteiger partial charge on any atom is -0.465 e. The molecule has 1 aliphatic heterocycles. The lowest BCUT2D eigenvalue weighted by Crippen LogP contribution is -2.58. The number of hydrogen-bond donors (Lipinski definition) is 2. The first-order valence-electron chi connectivity index (χ1n) is 11.2. The molecule has 3 rings (SSSR count). The van der Waals surface area contributed by atoms with Crippen molar-refractivity contribution in [3.63, 3.8) is 0 Å². The monoisotopic (exact) mass is 450 g/mol. The Balaban J connectivity index is 1.96. The Bertz CT molecular complexity index is 830. The fourth-order valence-electron chi connectivity index (χ4n) is 6.15. The van der Waals surface area contributed by atoms with Gasteiger partial charge in [0.15, 0.2) is 0 Å². The van der Waals surface area contributed by atoms with Crippen LogP contribution in [0.15, 0.2) is 23.3 Å². The second kappa shape index (κ2) is 9.35. The Labute approximate surface area is 188 Å². The molecule has 178 valence electrons. The molecule has 0 bridgehead atoms. The van der Waals surface area contributed by atoms with Crippen LogP contribution in [0.25, 0.3) is 0 Å². The van der Waals surface area contributed by atoms with E-state index in [1.54, 1.807) is 6.08 Å². The molecule has 1 fully saturated rings. The van der Waals surface area contributed by atoms with E-state index in [0.29, 0.717) is 19.3 Å². The molecule has 2 N–H and O–H groups in total. The maximum absolute atomic E-state index is 12.0. The number of aliphatic hydroxyl groups is 2. The normalized spacial score (nSPS) is 35.2. The maximum Gasteiger partial charge on any atom is 0.336 e. The second-order valence-corrected chi connectivity index (χ2v) is 9.72. The second-order valence-electron chi connectivity index (χ2n) is 9.72. The van der Waals surface area contributed by atoms with Gasteiger partial charge in [-0.1, -0.05) is 19.9 Å². The molecule has 0 saturated heterocycles. The number of cyclic esters (lactones) is 1. The van der Waals surface area contributed by atoms with Crippen molar-refractivity contribution in [1.29, 1.82) is 0 Å². The lowest BCUT2D eigenvalue weighted by molar-refractivity contribution is -0.189. The predicted molar refractivity (Wildman–Crippen MR) is 114 cm³/mol. The van der Waals surface area contributed by atoms with E-state index >= 15 is 0 Å². The van der Waals surface area contributed by atoms with Crippen LogP contribution < -0.4 is 0 Å². The molecule has 0 spiro atoms. The molecule has 32 heavy (non-hydrogen) atoms. The summed E-state index contributed by atoms with van der Waals surface area (Å²) in [6.07, 6.45) is 4.31. The van der Waals surface area contributed by atoms with Crippen molar-refractivity contribution in [1.82, 2.24) is 0 Å². The number of aliphatic hydroxyl groups excluding tert-OH is 2. The van der Waals surface area contributed by atoms with E-state index < -0.39 is 29.6 Å². The van der Waals surface area contributed by atoms with Gasteiger partial charge in [-0.3, -0.25) is 9.59 Å². The largest absolute Gasteiger partial charge is 0.465 e. The SMILES string of the molecule is CC(=O)OC[C@@]1(C)[C@H]2CC=C(CO)[C@@H](C[C@H](O)C3=CCOC3=O)[C@]2(C)CC[C@H]1OC(C)=O. The lowest BCUT2D eigenvalue weighted by Gasteiger charge is -2.59. The molecule has 1 heterocycles. The molecule has 0 aromatic heterocycles. The Hall–Kier alpha value is -2.19. The number of carbonyl (C=O) groups is 3. The number of rotatable bonds is 7. The summed E-state index contributed by atoms with van der Waals surface area (Å²) in [7, 11) is 0. The van der Waals surface area contributed by atoms with Crippen LogP contribution in [0.3, 0.4) is 0 Å². The van der Waals surface area contributed by atoms with Gasteiger partial charge in [0.05, 0.1) is 18.3 Å². The van der Waals surface area contributed by atoms with Crippen LogP contribution in [-0.2, 0) is 28.6 Å². The Morgan fingerprint density at radius 1 is 1.25 bits per heavy atom. The maximum atomic E-state index is 12.0. The fourth-order valence-corrected chi connectivity index (χ4v) is 6.15. The molecule has 0 radical (unpaired) electrons. The van der Waals surface area contributed by atoms with Gasteiger partial charge < -0.3 is 24.4 Å². The summed E-state index contributed by atoms with van der Waals surface area (Å²) >= 11 is 0. The van der Waals surface area contributed by atoms with Crippen molar-refractivity contribution in [2.75, 3.05) is 19.8 Å². The molecule has 0 amide bonds. The molecule has 6 atom stereocenters. The molecule has 8 heteroatoms. The van der Waals surface area contributed by atoms with Gasteiger partial charge in [-0.2, -0.15) is 0 Å². The van der Waals surface area contributed by atoms with Crippen LogP contribution in [0.2, 0.25) is 0 Å². The summed E-state index contributed by atoms with van der Waals surface area (Å²) in [5, 5.41) is 20.9. The highest BCUT2D eigenvalue weighted by atomic mass is 16.6. The van der Waals surface area contributed by atoms with E-state index in [1.807, 2.05) is 13.0 Å². The topological polar surface area (TPSA) is 119 Å². The average molecular weight is 451 g/mol. The standard InChI is InChI=1S/C24H34O8/c1-14(26)31-13-24(4)20-6-5-16(12-25)18(11-19(28)17-8-10-30-22(17)29)23(20,3)9-7-21(24)32-15(2)27/h5,8,18-21,25,28H,6-7,9-13H2,1-4H3/t18-,19+,20+,21-,23+,24+/m1/s1. The number of ether oxygens (including phenoxy) is 3. The number of hydrogen-bond acceptors (Lipinski definition) is 8. The van der Waals surface area contributed by atoms with E-state index in [2.05, 4.69) is 6.92 Å². The van der Waals surface area contributed by atoms with Crippen LogP contribution in [0.1, 0.15) is 53.4 Å². The van der Waals surface area contributed by atoms with Gasteiger partial charge >= 0.3 is 17.9 Å². The highest BCUT2D eigenvalue weighted by molar-refractivity contribution is 5.91. The Morgan fingerprint density at radius 3 is 2.53 bits per heavy atom. The minimum atomic E-state index is -1.01. The van der Waals surface area contributed by atoms with Crippen LogP contribution in [0.4, 0.5) is 0 Å². The number of allylic oxidation sites excluding steroid dienone is 1. The summed E-state index contributed by atoms with van der Waals surface area (Å²) in [5.41, 5.74) is 0.0683. The minimum absolute atomic E-state index is 0.0375. The van der Waals surface area contributed by atoms with Gasteiger partial charge in [0.1, 0.15) is 19.3 Å². The smallest absolute Gasteiger partial charge is 0.336 e. The van der Waals surface area contributed by atoms with Gasteiger partial charge in [0.25, 0.3) is 0 Å². The van der Waals surface area contributed by atoms with E-state index in [0.717, 1.165) is 5.57 Å². The van der Waals surface area contributed by atoms with Gasteiger partial charge in [-0.25, -0.2) is 4.79 Å². The predicted octanol–water partition coefficient (Wildman–Crippen LogP) is 2.08. The number of esters is 3. The lowest BCUT2D eigenvalue weighted by atomic mass is 9.47. The van der Waals surface area contributed by atoms with Crippen LogP contribution in [-0.4, -0.2) is 60.1 Å². The van der Waals surface area contributed by atoms with Crippen molar-refractivity contribution < 1.29 is 38.8 Å². The summed E-state index contributed by atoms with van der Waals surface area (Å²) in [4.78, 5) is 35.4. The zero-order valence-corrected chi connectivity index (χ0v) is 19.3. The molecule has 0 aromatic rings. The Kier molecular flexibility index (Phi) is 7.15. The van der Waals surface area contributed by atoms with Crippen LogP contribution in [0.5, 0.6) is 0 Å². The van der Waals surface area contributed by atoms with E-state index in [1.165, 1.54) is 13.8 Å². The number of carbonyl (C=O) groups excluding carboxylic acids is 3. The highest BCUT2D eigenvalue weighted by Crippen LogP contribution is 2.61. The summed E-state index contributed by atoms with van der Waals surface area (Å²) in [6.45, 7) is 6.95. The highest BCUT2D eigenvalue weighted by Gasteiger charge is 2.59. The zero-order chi connectivity index (χ0) is 23.7. The molecule has 0 aromatic carbocycles. The van der Waals surface area contributed by atoms with Crippen LogP contribution >= 0.6 is 0 Å².